The standard InChI is InChI=1S/C8H8.C5H8O2.C4H6/c1-2-8-6-4-3-5-7-8;1-3-4(2)5(6)7;1-3-4-2/h2-7H,1H2;3H,1-2H3,(H,6,7);3-4H,1-2H2. The van der Waals surface area contributed by atoms with Crippen LogP contribution >= 0.6 is 0 Å². The van der Waals surface area contributed by atoms with Gasteiger partial charge in [-0.15, -0.1) is 0 Å². The predicted octanol–water partition coefficient (Wildman–Crippen LogP) is 4.73. The molecule has 0 radical (unpaired) electrons. The molecule has 0 unspecified atom stereocenters. The van der Waals surface area contributed by atoms with E-state index in [1.807, 2.05) is 36.4 Å². The fourth-order valence-corrected chi connectivity index (χ4v) is 0.713. The molecule has 1 N–H and O–H groups in total. The van der Waals surface area contributed by atoms with E-state index in [0.29, 0.717) is 5.57 Å². The van der Waals surface area contributed by atoms with Crippen molar-refractivity contribution in [3.05, 3.63) is 79.4 Å². The van der Waals surface area contributed by atoms with E-state index in [0.717, 1.165) is 0 Å². The maximum atomic E-state index is 9.86. The molecule has 0 aliphatic heterocycles. The molecule has 0 heterocycles. The fraction of sp³-hybridized carbons (Fsp3) is 0.118. The minimum atomic E-state index is -0.845. The van der Waals surface area contributed by atoms with E-state index >= 15 is 0 Å². The summed E-state index contributed by atoms with van der Waals surface area (Å²) in [5.41, 5.74) is 1.56. The van der Waals surface area contributed by atoms with Crippen LogP contribution in [0.15, 0.2) is 73.9 Å². The third kappa shape index (κ3) is 13.6. The molecule has 0 atom stereocenters. The van der Waals surface area contributed by atoms with E-state index < -0.39 is 5.97 Å². The molecule has 0 aromatic heterocycles. The van der Waals surface area contributed by atoms with Crippen molar-refractivity contribution in [2.24, 2.45) is 0 Å². The highest BCUT2D eigenvalue weighted by Gasteiger charge is 1.93. The molecule has 0 amide bonds. The minimum Gasteiger partial charge on any atom is -0.478 e. The van der Waals surface area contributed by atoms with E-state index in [9.17, 15) is 4.79 Å². The number of carbonyl (C=O) groups is 1. The minimum absolute atomic E-state index is 0.389. The number of rotatable bonds is 3. The topological polar surface area (TPSA) is 37.3 Å². The lowest BCUT2D eigenvalue weighted by Gasteiger charge is -1.85. The van der Waals surface area contributed by atoms with Crippen molar-refractivity contribution in [3.8, 4) is 0 Å². The molecule has 0 spiro atoms. The first-order chi connectivity index (χ1) is 9.03. The lowest BCUT2D eigenvalue weighted by atomic mass is 10.2. The second-order valence-corrected chi connectivity index (χ2v) is 3.36. The van der Waals surface area contributed by atoms with Crippen LogP contribution in [0.3, 0.4) is 0 Å². The van der Waals surface area contributed by atoms with Gasteiger partial charge in [-0.1, -0.05) is 74.4 Å². The SMILES string of the molecule is C=CC=C.C=Cc1ccccc1.CC=C(C)C(=O)O. The average Bonchev–Trinajstić information content (AvgIpc) is 2.48. The second kappa shape index (κ2) is 13.7. The first-order valence-corrected chi connectivity index (χ1v) is 5.80. The van der Waals surface area contributed by atoms with Crippen molar-refractivity contribution >= 4 is 12.0 Å². The summed E-state index contributed by atoms with van der Waals surface area (Å²) in [5, 5.41) is 8.11. The summed E-state index contributed by atoms with van der Waals surface area (Å²) in [6.45, 7) is 13.6. The van der Waals surface area contributed by atoms with Crippen molar-refractivity contribution in [3.63, 3.8) is 0 Å². The van der Waals surface area contributed by atoms with Gasteiger partial charge in [-0.25, -0.2) is 4.79 Å². The van der Waals surface area contributed by atoms with Crippen LogP contribution in [0.1, 0.15) is 19.4 Å². The molecule has 0 saturated carbocycles. The van der Waals surface area contributed by atoms with Crippen molar-refractivity contribution in [1.29, 1.82) is 0 Å². The average molecular weight is 258 g/mol. The maximum absolute atomic E-state index is 9.86. The van der Waals surface area contributed by atoms with E-state index in [-0.39, 0.29) is 0 Å². The number of benzene rings is 1. The molecule has 102 valence electrons. The highest BCUT2D eigenvalue weighted by molar-refractivity contribution is 5.85. The molecule has 0 saturated heterocycles. The van der Waals surface area contributed by atoms with E-state index in [1.165, 1.54) is 5.56 Å². The van der Waals surface area contributed by atoms with Crippen molar-refractivity contribution < 1.29 is 9.90 Å². The number of carboxylic acid groups (broad SMARTS) is 1. The van der Waals surface area contributed by atoms with Crippen LogP contribution in [0.2, 0.25) is 0 Å². The highest BCUT2D eigenvalue weighted by atomic mass is 16.4. The normalized spacial score (nSPS) is 8.84. The van der Waals surface area contributed by atoms with Crippen LogP contribution in [0.25, 0.3) is 6.08 Å². The van der Waals surface area contributed by atoms with Gasteiger partial charge >= 0.3 is 5.97 Å². The maximum Gasteiger partial charge on any atom is 0.330 e. The van der Waals surface area contributed by atoms with Crippen molar-refractivity contribution in [1.82, 2.24) is 0 Å². The summed E-state index contributed by atoms with van der Waals surface area (Å²) in [7, 11) is 0. The van der Waals surface area contributed by atoms with Gasteiger partial charge in [-0.05, 0) is 19.4 Å². The smallest absolute Gasteiger partial charge is 0.330 e. The van der Waals surface area contributed by atoms with Crippen LogP contribution in [-0.2, 0) is 4.79 Å². The second-order valence-electron chi connectivity index (χ2n) is 3.36. The largest absolute Gasteiger partial charge is 0.478 e. The number of carboxylic acids is 1. The zero-order chi connectivity index (χ0) is 15.1. The zero-order valence-electron chi connectivity index (χ0n) is 11.7. The van der Waals surface area contributed by atoms with Crippen molar-refractivity contribution in [2.75, 3.05) is 0 Å². The Labute approximate surface area is 116 Å². The summed E-state index contributed by atoms with van der Waals surface area (Å²) in [4.78, 5) is 9.86. The lowest BCUT2D eigenvalue weighted by molar-refractivity contribution is -0.132. The van der Waals surface area contributed by atoms with Crippen LogP contribution in [-0.4, -0.2) is 11.1 Å². The molecular formula is C17H22O2. The van der Waals surface area contributed by atoms with Gasteiger partial charge in [0.05, 0.1) is 0 Å². The Balaban J connectivity index is 0. The molecule has 0 fully saturated rings. The first kappa shape index (κ1) is 19.0. The number of hydrogen-bond donors (Lipinski definition) is 1. The number of aliphatic carboxylic acids is 1. The Kier molecular flexibility index (Phi) is 13.7. The molecule has 0 bridgehead atoms. The molecule has 1 aromatic rings. The predicted molar refractivity (Wildman–Crippen MR) is 84.0 cm³/mol. The third-order valence-corrected chi connectivity index (χ3v) is 1.97. The third-order valence-electron chi connectivity index (χ3n) is 1.97. The van der Waals surface area contributed by atoms with Gasteiger partial charge in [0.2, 0.25) is 0 Å². The van der Waals surface area contributed by atoms with Crippen LogP contribution in [0.5, 0.6) is 0 Å². The Hall–Kier alpha value is -2.35. The lowest BCUT2D eigenvalue weighted by Crippen LogP contribution is -1.93. The van der Waals surface area contributed by atoms with Gasteiger partial charge in [0.25, 0.3) is 0 Å². The van der Waals surface area contributed by atoms with E-state index in [4.69, 9.17) is 5.11 Å². The number of hydrogen-bond acceptors (Lipinski definition) is 1. The monoisotopic (exact) mass is 258 g/mol. The molecular weight excluding hydrogens is 236 g/mol. The zero-order valence-corrected chi connectivity index (χ0v) is 11.7. The van der Waals surface area contributed by atoms with Gasteiger partial charge in [-0.2, -0.15) is 0 Å². The first-order valence-electron chi connectivity index (χ1n) is 5.80. The Morgan fingerprint density at radius 2 is 1.58 bits per heavy atom. The van der Waals surface area contributed by atoms with Crippen LogP contribution in [0.4, 0.5) is 0 Å². The van der Waals surface area contributed by atoms with Crippen LogP contribution in [0, 0.1) is 0 Å². The Bertz CT molecular complexity index is 408. The molecule has 0 aliphatic carbocycles. The molecule has 19 heavy (non-hydrogen) atoms. The van der Waals surface area contributed by atoms with Gasteiger partial charge in [0.15, 0.2) is 0 Å². The quantitative estimate of drug-likeness (QED) is 0.629. The van der Waals surface area contributed by atoms with Gasteiger partial charge < -0.3 is 5.11 Å². The molecule has 1 rings (SSSR count). The molecule has 1 aromatic carbocycles. The Morgan fingerprint density at radius 1 is 1.11 bits per heavy atom. The van der Waals surface area contributed by atoms with Gasteiger partial charge in [0.1, 0.15) is 0 Å². The summed E-state index contributed by atoms with van der Waals surface area (Å²) < 4.78 is 0. The molecule has 2 heteroatoms. The molecule has 0 aliphatic rings. The summed E-state index contributed by atoms with van der Waals surface area (Å²) in [5.74, 6) is -0.845. The van der Waals surface area contributed by atoms with Crippen LogP contribution < -0.4 is 0 Å². The fourth-order valence-electron chi connectivity index (χ4n) is 0.713. The Morgan fingerprint density at radius 3 is 1.74 bits per heavy atom. The van der Waals surface area contributed by atoms with E-state index in [1.54, 1.807) is 32.1 Å². The van der Waals surface area contributed by atoms with Gasteiger partial charge in [0, 0.05) is 5.57 Å². The summed E-state index contributed by atoms with van der Waals surface area (Å²) in [6, 6.07) is 10.0. The number of allylic oxidation sites excluding steroid dienone is 3. The highest BCUT2D eigenvalue weighted by Crippen LogP contribution is 1.97. The summed E-state index contributed by atoms with van der Waals surface area (Å²) >= 11 is 0. The summed E-state index contributed by atoms with van der Waals surface area (Å²) in [6.07, 6.45) is 6.67. The van der Waals surface area contributed by atoms with Crippen molar-refractivity contribution in [2.45, 2.75) is 13.8 Å². The molecule has 2 nitrogen and oxygen atoms in total. The van der Waals surface area contributed by atoms with Gasteiger partial charge in [-0.3, -0.25) is 0 Å². The van der Waals surface area contributed by atoms with E-state index in [2.05, 4.69) is 19.7 Å².